The smallest absolute Gasteiger partial charge is 0.306 e. The van der Waals surface area contributed by atoms with Crippen LogP contribution in [-0.4, -0.2) is 74.4 Å². The lowest BCUT2D eigenvalue weighted by molar-refractivity contribution is -0.168. The molecule has 1 heterocycles. The van der Waals surface area contributed by atoms with Gasteiger partial charge in [-0.25, -0.2) is 0 Å². The van der Waals surface area contributed by atoms with E-state index in [9.17, 15) is 14.4 Å². The zero-order valence-corrected chi connectivity index (χ0v) is 19.2. The number of likely N-dealkylation sites (tertiary alicyclic amines) is 1. The lowest BCUT2D eigenvalue weighted by Gasteiger charge is -2.53. The quantitative estimate of drug-likeness (QED) is 0.461. The molecule has 0 amide bonds. The summed E-state index contributed by atoms with van der Waals surface area (Å²) in [6.07, 6.45) is 1.39. The maximum atomic E-state index is 13.8. The summed E-state index contributed by atoms with van der Waals surface area (Å²) in [7, 11) is 6.30. The fourth-order valence-corrected chi connectivity index (χ4v) is 7.41. The molecule has 1 aliphatic heterocycles. The predicted molar refractivity (Wildman–Crippen MR) is 110 cm³/mol. The zero-order chi connectivity index (χ0) is 22.8. The number of hydrogen-bond acceptors (Lipinski definition) is 8. The average Bonchev–Trinajstić information content (AvgIpc) is 3.28. The van der Waals surface area contributed by atoms with E-state index in [0.29, 0.717) is 25.1 Å². The average molecular weight is 454 g/mol. The van der Waals surface area contributed by atoms with Gasteiger partial charge < -0.3 is 18.9 Å². The van der Waals surface area contributed by atoms with E-state index in [-0.39, 0.29) is 35.9 Å². The van der Waals surface area contributed by atoms with Gasteiger partial charge in [-0.05, 0) is 26.4 Å². The van der Waals surface area contributed by atoms with E-state index in [4.69, 9.17) is 30.5 Å². The SMILES string of the molecule is CCC(=O)O[C@@H]1C(OC)=CC(=O)[C@]12[C@@H](Cl)C[C@@]13C(OC)=C(OC)C(=O)C[C@@]21CCN3C. The van der Waals surface area contributed by atoms with Crippen molar-refractivity contribution in [3.8, 4) is 0 Å². The second-order valence-corrected chi connectivity index (χ2v) is 9.19. The molecule has 4 aliphatic rings. The minimum atomic E-state index is -1.35. The number of hydrogen-bond donors (Lipinski definition) is 0. The fraction of sp³-hybridized carbons (Fsp3) is 0.682. The highest BCUT2D eigenvalue weighted by atomic mass is 35.5. The summed E-state index contributed by atoms with van der Waals surface area (Å²) in [6.45, 7) is 2.30. The van der Waals surface area contributed by atoms with E-state index in [1.807, 2.05) is 7.05 Å². The minimum Gasteiger partial charge on any atom is -0.497 e. The number of rotatable bonds is 5. The van der Waals surface area contributed by atoms with Gasteiger partial charge in [0.1, 0.15) is 11.2 Å². The van der Waals surface area contributed by atoms with Crippen LogP contribution in [0.5, 0.6) is 0 Å². The summed E-state index contributed by atoms with van der Waals surface area (Å²) in [5.74, 6) is -0.207. The number of likely N-dealkylation sites (N-methyl/N-ethyl adjacent to an activating group) is 1. The Morgan fingerprint density at radius 2 is 1.94 bits per heavy atom. The Morgan fingerprint density at radius 3 is 2.52 bits per heavy atom. The molecule has 3 aliphatic carbocycles. The largest absolute Gasteiger partial charge is 0.497 e. The first-order valence-electron chi connectivity index (χ1n) is 10.4. The maximum Gasteiger partial charge on any atom is 0.306 e. The molecule has 0 unspecified atom stereocenters. The van der Waals surface area contributed by atoms with Crippen molar-refractivity contribution in [1.29, 1.82) is 0 Å². The topological polar surface area (TPSA) is 91.4 Å². The molecule has 0 aromatic rings. The molecule has 0 aromatic carbocycles. The van der Waals surface area contributed by atoms with E-state index in [0.717, 1.165) is 0 Å². The molecule has 1 spiro atoms. The summed E-state index contributed by atoms with van der Waals surface area (Å²) in [5, 5.41) is -0.726. The number of alkyl halides is 1. The van der Waals surface area contributed by atoms with Gasteiger partial charge in [0.2, 0.25) is 11.5 Å². The fourth-order valence-electron chi connectivity index (χ4n) is 6.76. The van der Waals surface area contributed by atoms with Crippen molar-refractivity contribution in [3.63, 3.8) is 0 Å². The van der Waals surface area contributed by atoms with Gasteiger partial charge in [-0.3, -0.25) is 19.3 Å². The van der Waals surface area contributed by atoms with Crippen LogP contribution in [0.1, 0.15) is 32.6 Å². The Balaban J connectivity index is 2.02. The van der Waals surface area contributed by atoms with Gasteiger partial charge in [0.05, 0.1) is 32.2 Å². The standard InChI is InChI=1S/C22H28ClNO7/c1-6-16(27)31-18-13(28-3)9-15(26)22(18)14(23)11-21-19(30-5)17(29-4)12(25)10-20(21,22)7-8-24(21)2/h9,14,18H,6-8,10-11H2,1-5H3/t14-,18+,20+,21+,22+/m0/s1. The van der Waals surface area contributed by atoms with Crippen molar-refractivity contribution in [3.05, 3.63) is 23.4 Å². The van der Waals surface area contributed by atoms with E-state index < -0.39 is 33.8 Å². The molecule has 1 saturated heterocycles. The van der Waals surface area contributed by atoms with Crippen molar-refractivity contribution in [1.82, 2.24) is 4.90 Å². The molecule has 0 aromatic heterocycles. The monoisotopic (exact) mass is 453 g/mol. The molecule has 31 heavy (non-hydrogen) atoms. The Hall–Kier alpha value is -2.06. The molecule has 8 nitrogen and oxygen atoms in total. The highest BCUT2D eigenvalue weighted by Gasteiger charge is 2.84. The minimum absolute atomic E-state index is 0.0351. The predicted octanol–water partition coefficient (Wildman–Crippen LogP) is 1.96. The van der Waals surface area contributed by atoms with Crippen LogP contribution >= 0.6 is 11.6 Å². The first-order chi connectivity index (χ1) is 14.7. The molecule has 1 saturated carbocycles. The second-order valence-electron chi connectivity index (χ2n) is 8.66. The maximum absolute atomic E-state index is 13.8. The summed E-state index contributed by atoms with van der Waals surface area (Å²) in [4.78, 5) is 41.5. The van der Waals surface area contributed by atoms with Crippen LogP contribution in [0.3, 0.4) is 0 Å². The molecular weight excluding hydrogens is 426 g/mol. The number of ether oxygens (including phenoxy) is 4. The van der Waals surface area contributed by atoms with Crippen molar-refractivity contribution < 1.29 is 33.3 Å². The highest BCUT2D eigenvalue weighted by molar-refractivity contribution is 6.25. The number of nitrogens with zero attached hydrogens (tertiary/aromatic N) is 1. The molecule has 0 radical (unpaired) electrons. The van der Waals surface area contributed by atoms with Crippen molar-refractivity contribution in [2.75, 3.05) is 34.9 Å². The Labute approximate surface area is 186 Å². The van der Waals surface area contributed by atoms with Crippen LogP contribution in [0.15, 0.2) is 23.4 Å². The summed E-state index contributed by atoms with van der Waals surface area (Å²) in [5.41, 5.74) is -3.15. The van der Waals surface area contributed by atoms with Gasteiger partial charge in [-0.1, -0.05) is 6.92 Å². The van der Waals surface area contributed by atoms with Crippen molar-refractivity contribution >= 4 is 29.1 Å². The molecule has 0 N–H and O–H groups in total. The third-order valence-corrected chi connectivity index (χ3v) is 8.41. The normalized spacial score (nSPS) is 39.5. The summed E-state index contributed by atoms with van der Waals surface area (Å²) >= 11 is 7.05. The highest BCUT2D eigenvalue weighted by Crippen LogP contribution is 2.75. The number of carbonyl (C=O) groups is 3. The number of halogens is 1. The molecule has 170 valence electrons. The number of methoxy groups -OCH3 is 3. The lowest BCUT2D eigenvalue weighted by atomic mass is 9.52. The van der Waals surface area contributed by atoms with Gasteiger partial charge in [-0.15, -0.1) is 11.6 Å². The van der Waals surface area contributed by atoms with Gasteiger partial charge in [0.25, 0.3) is 0 Å². The summed E-state index contributed by atoms with van der Waals surface area (Å²) in [6, 6.07) is 0. The van der Waals surface area contributed by atoms with Crippen LogP contribution in [-0.2, 0) is 33.3 Å². The first kappa shape index (κ1) is 22.1. The third-order valence-electron chi connectivity index (χ3n) is 7.91. The number of esters is 1. The van der Waals surface area contributed by atoms with Gasteiger partial charge in [-0.2, -0.15) is 0 Å². The Kier molecular flexibility index (Phi) is 5.17. The van der Waals surface area contributed by atoms with E-state index >= 15 is 0 Å². The molecular formula is C22H28ClNO7. The Bertz CT molecular complexity index is 914. The lowest BCUT2D eigenvalue weighted by Crippen LogP contribution is -2.63. The van der Waals surface area contributed by atoms with Gasteiger partial charge in [0.15, 0.2) is 17.6 Å². The molecule has 0 bridgehead atoms. The zero-order valence-electron chi connectivity index (χ0n) is 18.5. The Morgan fingerprint density at radius 1 is 1.23 bits per heavy atom. The van der Waals surface area contributed by atoms with E-state index in [1.165, 1.54) is 27.4 Å². The van der Waals surface area contributed by atoms with E-state index in [2.05, 4.69) is 4.90 Å². The van der Waals surface area contributed by atoms with Gasteiger partial charge in [0, 0.05) is 24.3 Å². The third kappa shape index (κ3) is 2.32. The van der Waals surface area contributed by atoms with Crippen LogP contribution in [0, 0.1) is 10.8 Å². The molecule has 4 rings (SSSR count). The molecule has 9 heteroatoms. The molecule has 2 fully saturated rings. The van der Waals surface area contributed by atoms with Crippen molar-refractivity contribution in [2.45, 2.75) is 49.6 Å². The number of carbonyl (C=O) groups excluding carboxylic acids is 3. The van der Waals surface area contributed by atoms with Crippen LogP contribution in [0.4, 0.5) is 0 Å². The molecule has 5 atom stereocenters. The van der Waals surface area contributed by atoms with Gasteiger partial charge >= 0.3 is 5.97 Å². The number of ketones is 2. The number of allylic oxidation sites excluding steroid dienone is 2. The first-order valence-corrected chi connectivity index (χ1v) is 10.9. The van der Waals surface area contributed by atoms with E-state index in [1.54, 1.807) is 6.92 Å². The van der Waals surface area contributed by atoms with Crippen LogP contribution in [0.2, 0.25) is 0 Å². The second kappa shape index (κ2) is 7.24. The number of Topliss-reactive ketones (excluding diaryl/α,β-unsaturated/α-hetero) is 1. The summed E-state index contributed by atoms with van der Waals surface area (Å²) < 4.78 is 22.6. The van der Waals surface area contributed by atoms with Crippen LogP contribution < -0.4 is 0 Å². The van der Waals surface area contributed by atoms with Crippen LogP contribution in [0.25, 0.3) is 0 Å². The van der Waals surface area contributed by atoms with Crippen molar-refractivity contribution in [2.24, 2.45) is 10.8 Å².